The topological polar surface area (TPSA) is 62.7 Å². The molecule has 1 aromatic heterocycles. The van der Waals surface area contributed by atoms with Crippen LogP contribution in [0.5, 0.6) is 0 Å². The van der Waals surface area contributed by atoms with E-state index in [0.29, 0.717) is 12.4 Å². The van der Waals surface area contributed by atoms with Gasteiger partial charge in [-0.15, -0.1) is 0 Å². The van der Waals surface area contributed by atoms with E-state index < -0.39 is 5.97 Å². The third-order valence-corrected chi connectivity index (χ3v) is 3.48. The lowest BCUT2D eigenvalue weighted by molar-refractivity contribution is 0.0697. The largest absolute Gasteiger partial charge is 0.478 e. The van der Waals surface area contributed by atoms with Gasteiger partial charge in [0.1, 0.15) is 5.82 Å². The fraction of sp³-hybridized carbons (Fsp3) is 0.500. The third-order valence-electron chi connectivity index (χ3n) is 3.11. The number of methoxy groups -OCH3 is 1. The van der Waals surface area contributed by atoms with E-state index in [9.17, 15) is 4.79 Å². The van der Waals surface area contributed by atoms with Crippen molar-refractivity contribution < 1.29 is 14.6 Å². The molecule has 1 unspecified atom stereocenters. The molecular weight excluding hydrogens is 256 g/mol. The first-order valence-corrected chi connectivity index (χ1v) is 6.17. The number of hydrogen-bond donors (Lipinski definition) is 1. The minimum Gasteiger partial charge on any atom is -0.478 e. The molecule has 1 saturated heterocycles. The number of carboxylic acid groups (broad SMARTS) is 1. The molecule has 1 aromatic rings. The zero-order valence-electron chi connectivity index (χ0n) is 10.1. The van der Waals surface area contributed by atoms with Crippen LogP contribution in [0.25, 0.3) is 0 Å². The highest BCUT2D eigenvalue weighted by Gasteiger charge is 2.24. The maximum atomic E-state index is 11.0. The molecule has 18 heavy (non-hydrogen) atoms. The molecule has 0 radical (unpaired) electrons. The van der Waals surface area contributed by atoms with Crippen LogP contribution in [0.1, 0.15) is 23.2 Å². The number of aromatic carboxylic acids is 1. The van der Waals surface area contributed by atoms with E-state index in [0.717, 1.165) is 19.4 Å². The smallest absolute Gasteiger partial charge is 0.337 e. The van der Waals surface area contributed by atoms with Crippen molar-refractivity contribution in [3.8, 4) is 0 Å². The number of carboxylic acids is 1. The van der Waals surface area contributed by atoms with Gasteiger partial charge in [-0.3, -0.25) is 0 Å². The third kappa shape index (κ3) is 2.57. The molecule has 1 aliphatic rings. The molecule has 0 aromatic carbocycles. The van der Waals surface area contributed by atoms with E-state index in [2.05, 4.69) is 4.98 Å². The summed E-state index contributed by atoms with van der Waals surface area (Å²) < 4.78 is 5.33. The SMILES string of the molecule is COC1CCCN(c2nccc(C(=O)O)c2Cl)C1. The highest BCUT2D eigenvalue weighted by Crippen LogP contribution is 2.29. The standard InChI is InChI=1S/C12H15ClN2O3/c1-18-8-3-2-6-15(7-8)11-10(13)9(12(16)17)4-5-14-11/h4-5,8H,2-3,6-7H2,1H3,(H,16,17). The summed E-state index contributed by atoms with van der Waals surface area (Å²) in [6, 6.07) is 1.41. The Labute approximate surface area is 110 Å². The molecule has 0 saturated carbocycles. The van der Waals surface area contributed by atoms with Gasteiger partial charge in [-0.1, -0.05) is 11.6 Å². The minimum atomic E-state index is -1.04. The van der Waals surface area contributed by atoms with Gasteiger partial charge in [0.15, 0.2) is 0 Å². The Kier molecular flexibility index (Phi) is 4.04. The first kappa shape index (κ1) is 13.1. The van der Waals surface area contributed by atoms with Crippen molar-refractivity contribution in [2.75, 3.05) is 25.1 Å². The van der Waals surface area contributed by atoms with E-state index in [-0.39, 0.29) is 16.7 Å². The molecule has 1 aliphatic heterocycles. The van der Waals surface area contributed by atoms with Crippen LogP contribution in [-0.4, -0.2) is 42.4 Å². The highest BCUT2D eigenvalue weighted by atomic mass is 35.5. The van der Waals surface area contributed by atoms with Crippen molar-refractivity contribution >= 4 is 23.4 Å². The van der Waals surface area contributed by atoms with Crippen LogP contribution in [-0.2, 0) is 4.74 Å². The summed E-state index contributed by atoms with van der Waals surface area (Å²) in [7, 11) is 1.68. The number of anilines is 1. The Bertz CT molecular complexity index is 453. The van der Waals surface area contributed by atoms with Crippen molar-refractivity contribution in [3.05, 3.63) is 22.8 Å². The number of halogens is 1. The maximum Gasteiger partial charge on any atom is 0.337 e. The number of rotatable bonds is 3. The van der Waals surface area contributed by atoms with E-state index >= 15 is 0 Å². The lowest BCUT2D eigenvalue weighted by Crippen LogP contribution is -2.40. The summed E-state index contributed by atoms with van der Waals surface area (Å²) in [5, 5.41) is 9.23. The molecule has 0 spiro atoms. The molecule has 98 valence electrons. The van der Waals surface area contributed by atoms with Crippen molar-refractivity contribution in [2.24, 2.45) is 0 Å². The van der Waals surface area contributed by atoms with Crippen LogP contribution in [0.3, 0.4) is 0 Å². The van der Waals surface area contributed by atoms with Crippen LogP contribution in [0.4, 0.5) is 5.82 Å². The number of carbonyl (C=O) groups is 1. The second-order valence-corrected chi connectivity index (χ2v) is 4.63. The Morgan fingerprint density at radius 1 is 1.67 bits per heavy atom. The lowest BCUT2D eigenvalue weighted by Gasteiger charge is -2.33. The van der Waals surface area contributed by atoms with Gasteiger partial charge in [0.2, 0.25) is 0 Å². The second kappa shape index (κ2) is 5.54. The molecule has 0 aliphatic carbocycles. The lowest BCUT2D eigenvalue weighted by atomic mass is 10.1. The summed E-state index contributed by atoms with van der Waals surface area (Å²) in [5.41, 5.74) is 0.0845. The van der Waals surface area contributed by atoms with Crippen LogP contribution in [0.15, 0.2) is 12.3 Å². The fourth-order valence-corrected chi connectivity index (χ4v) is 2.45. The fourth-order valence-electron chi connectivity index (χ4n) is 2.14. The zero-order valence-corrected chi connectivity index (χ0v) is 10.9. The van der Waals surface area contributed by atoms with Crippen molar-refractivity contribution in [1.82, 2.24) is 4.98 Å². The van der Waals surface area contributed by atoms with E-state index in [1.165, 1.54) is 12.3 Å². The first-order chi connectivity index (χ1) is 8.63. The van der Waals surface area contributed by atoms with E-state index in [1.54, 1.807) is 7.11 Å². The maximum absolute atomic E-state index is 11.0. The van der Waals surface area contributed by atoms with Gasteiger partial charge in [0, 0.05) is 26.4 Å². The van der Waals surface area contributed by atoms with Crippen molar-refractivity contribution in [2.45, 2.75) is 18.9 Å². The molecule has 0 bridgehead atoms. The van der Waals surface area contributed by atoms with Crippen LogP contribution in [0.2, 0.25) is 5.02 Å². The van der Waals surface area contributed by atoms with Gasteiger partial charge in [-0.25, -0.2) is 9.78 Å². The predicted molar refractivity (Wildman–Crippen MR) is 68.5 cm³/mol. The van der Waals surface area contributed by atoms with Crippen LogP contribution in [0, 0.1) is 0 Å². The summed E-state index contributed by atoms with van der Waals surface area (Å²) in [5.74, 6) is -0.512. The van der Waals surface area contributed by atoms with Gasteiger partial charge >= 0.3 is 5.97 Å². The predicted octanol–water partition coefficient (Wildman–Crippen LogP) is 2.05. The molecule has 2 heterocycles. The van der Waals surface area contributed by atoms with E-state index in [4.69, 9.17) is 21.4 Å². The van der Waals surface area contributed by atoms with Crippen molar-refractivity contribution in [1.29, 1.82) is 0 Å². The molecular formula is C12H15ClN2O3. The van der Waals surface area contributed by atoms with Gasteiger partial charge in [-0.2, -0.15) is 0 Å². The van der Waals surface area contributed by atoms with Gasteiger partial charge in [-0.05, 0) is 18.9 Å². The summed E-state index contributed by atoms with van der Waals surface area (Å²) in [6.45, 7) is 1.50. The van der Waals surface area contributed by atoms with Gasteiger partial charge in [0.05, 0.1) is 16.7 Å². The minimum absolute atomic E-state index is 0.0845. The van der Waals surface area contributed by atoms with Crippen LogP contribution < -0.4 is 4.90 Å². The Balaban J connectivity index is 2.27. The zero-order chi connectivity index (χ0) is 13.1. The van der Waals surface area contributed by atoms with Gasteiger partial charge < -0.3 is 14.7 Å². The number of hydrogen-bond acceptors (Lipinski definition) is 4. The Morgan fingerprint density at radius 2 is 2.44 bits per heavy atom. The molecule has 1 N–H and O–H groups in total. The Hall–Kier alpha value is -1.33. The van der Waals surface area contributed by atoms with Crippen molar-refractivity contribution in [3.63, 3.8) is 0 Å². The average molecular weight is 271 g/mol. The monoisotopic (exact) mass is 270 g/mol. The summed E-state index contributed by atoms with van der Waals surface area (Å²) in [6.07, 6.45) is 3.60. The molecule has 6 heteroatoms. The number of piperidine rings is 1. The molecule has 2 rings (SSSR count). The number of aromatic nitrogens is 1. The Morgan fingerprint density at radius 3 is 3.11 bits per heavy atom. The molecule has 5 nitrogen and oxygen atoms in total. The van der Waals surface area contributed by atoms with E-state index in [1.807, 2.05) is 4.90 Å². The number of nitrogens with zero attached hydrogens (tertiary/aromatic N) is 2. The van der Waals surface area contributed by atoms with Gasteiger partial charge in [0.25, 0.3) is 0 Å². The summed E-state index contributed by atoms with van der Waals surface area (Å²) >= 11 is 6.10. The van der Waals surface area contributed by atoms with Crippen LogP contribution >= 0.6 is 11.6 Å². The normalized spacial score (nSPS) is 19.9. The summed E-state index contributed by atoms with van der Waals surface area (Å²) in [4.78, 5) is 17.2. The quantitative estimate of drug-likeness (QED) is 0.911. The average Bonchev–Trinajstić information content (AvgIpc) is 2.38. The first-order valence-electron chi connectivity index (χ1n) is 5.79. The molecule has 0 amide bonds. The molecule has 1 fully saturated rings. The highest BCUT2D eigenvalue weighted by molar-refractivity contribution is 6.35. The number of pyridine rings is 1. The second-order valence-electron chi connectivity index (χ2n) is 4.25. The molecule has 1 atom stereocenters. The number of ether oxygens (including phenoxy) is 1.